The molecule has 5 nitrogen and oxygen atoms in total. The van der Waals surface area contributed by atoms with E-state index in [0.29, 0.717) is 11.2 Å². The van der Waals surface area contributed by atoms with E-state index in [4.69, 9.17) is 10.5 Å². The number of methoxy groups -OCH3 is 1. The third-order valence-corrected chi connectivity index (χ3v) is 5.83. The number of nitrogens with two attached hydrogens (primary N) is 1. The number of benzene rings is 1. The van der Waals surface area contributed by atoms with E-state index in [2.05, 4.69) is 47.6 Å². The summed E-state index contributed by atoms with van der Waals surface area (Å²) in [6.45, 7) is 14.0. The van der Waals surface area contributed by atoms with Crippen LogP contribution in [0.3, 0.4) is 0 Å². The number of hydrogen-bond acceptors (Lipinski definition) is 5. The maximum atomic E-state index is 5.94. The third kappa shape index (κ3) is 4.21. The zero-order chi connectivity index (χ0) is 18.0. The van der Waals surface area contributed by atoms with Crippen molar-refractivity contribution in [2.45, 2.75) is 45.2 Å². The first kappa shape index (κ1) is 18.3. The molecule has 25 heavy (non-hydrogen) atoms. The molecule has 2 heterocycles. The van der Waals surface area contributed by atoms with Gasteiger partial charge in [0.2, 0.25) is 0 Å². The van der Waals surface area contributed by atoms with Gasteiger partial charge < -0.3 is 15.4 Å². The zero-order valence-corrected chi connectivity index (χ0v) is 16.3. The molecule has 0 atom stereocenters. The molecule has 1 aromatic carbocycles. The molecule has 1 aromatic rings. The van der Waals surface area contributed by atoms with Crippen molar-refractivity contribution in [1.29, 1.82) is 0 Å². The van der Waals surface area contributed by atoms with E-state index >= 15 is 0 Å². The lowest BCUT2D eigenvalue weighted by atomic mass is 10.00. The number of piperazine rings is 1. The van der Waals surface area contributed by atoms with Crippen molar-refractivity contribution in [1.82, 2.24) is 9.80 Å². The largest absolute Gasteiger partial charge is 0.495 e. The van der Waals surface area contributed by atoms with Crippen molar-refractivity contribution in [3.05, 3.63) is 18.2 Å². The highest BCUT2D eigenvalue weighted by Crippen LogP contribution is 2.30. The average molecular weight is 347 g/mol. The number of ether oxygens (including phenoxy) is 1. The zero-order valence-electron chi connectivity index (χ0n) is 16.3. The van der Waals surface area contributed by atoms with Crippen LogP contribution in [-0.4, -0.2) is 67.8 Å². The Kier molecular flexibility index (Phi) is 5.44. The third-order valence-electron chi connectivity index (χ3n) is 5.83. The molecular formula is C20H34N4O. The van der Waals surface area contributed by atoms with Crippen LogP contribution < -0.4 is 15.4 Å². The van der Waals surface area contributed by atoms with Gasteiger partial charge in [-0.2, -0.15) is 0 Å². The van der Waals surface area contributed by atoms with Gasteiger partial charge in [0.25, 0.3) is 0 Å². The predicted molar refractivity (Wildman–Crippen MR) is 106 cm³/mol. The van der Waals surface area contributed by atoms with Crippen molar-refractivity contribution in [3.8, 4) is 5.75 Å². The van der Waals surface area contributed by atoms with Crippen LogP contribution in [0.2, 0.25) is 0 Å². The number of piperidine rings is 1. The highest BCUT2D eigenvalue weighted by molar-refractivity contribution is 5.62. The molecule has 140 valence electrons. The average Bonchev–Trinajstić information content (AvgIpc) is 2.62. The monoisotopic (exact) mass is 346 g/mol. The molecular weight excluding hydrogens is 312 g/mol. The minimum Gasteiger partial charge on any atom is -0.495 e. The van der Waals surface area contributed by atoms with E-state index < -0.39 is 0 Å². The summed E-state index contributed by atoms with van der Waals surface area (Å²) in [4.78, 5) is 7.78. The smallest absolute Gasteiger partial charge is 0.143 e. The fourth-order valence-electron chi connectivity index (χ4n) is 4.14. The van der Waals surface area contributed by atoms with E-state index in [0.717, 1.165) is 24.9 Å². The van der Waals surface area contributed by atoms with Crippen molar-refractivity contribution in [2.75, 3.05) is 57.0 Å². The summed E-state index contributed by atoms with van der Waals surface area (Å²) in [5.41, 5.74) is 8.16. The van der Waals surface area contributed by atoms with Crippen molar-refractivity contribution in [2.24, 2.45) is 0 Å². The van der Waals surface area contributed by atoms with Crippen LogP contribution >= 0.6 is 0 Å². The van der Waals surface area contributed by atoms with Crippen LogP contribution in [-0.2, 0) is 0 Å². The number of nitrogens with zero attached hydrogens (tertiary/aromatic N) is 3. The molecule has 0 aliphatic carbocycles. The number of hydrogen-bond donors (Lipinski definition) is 1. The van der Waals surface area contributed by atoms with Gasteiger partial charge in [-0.15, -0.1) is 0 Å². The SMILES string of the molecule is COc1cc(N2CCC(N3CCN(C(C)(C)C)CC3)CC2)ccc1N. The second kappa shape index (κ2) is 7.42. The molecule has 2 N–H and O–H groups in total. The van der Waals surface area contributed by atoms with Gasteiger partial charge in [-0.3, -0.25) is 9.80 Å². The van der Waals surface area contributed by atoms with Crippen LogP contribution in [0.1, 0.15) is 33.6 Å². The fraction of sp³-hybridized carbons (Fsp3) is 0.700. The Labute approximate surface area is 152 Å². The molecule has 0 saturated carbocycles. The first-order valence-corrected chi connectivity index (χ1v) is 9.56. The van der Waals surface area contributed by atoms with Crippen LogP contribution in [0.4, 0.5) is 11.4 Å². The molecule has 0 aromatic heterocycles. The molecule has 0 amide bonds. The van der Waals surface area contributed by atoms with E-state index in [1.807, 2.05) is 6.07 Å². The second-order valence-electron chi connectivity index (χ2n) is 8.34. The van der Waals surface area contributed by atoms with Gasteiger partial charge in [0, 0.05) is 62.6 Å². The molecule has 2 saturated heterocycles. The van der Waals surface area contributed by atoms with Crippen molar-refractivity contribution in [3.63, 3.8) is 0 Å². The molecule has 0 radical (unpaired) electrons. The van der Waals surface area contributed by atoms with Gasteiger partial charge in [-0.25, -0.2) is 0 Å². The Hall–Kier alpha value is -1.46. The summed E-state index contributed by atoms with van der Waals surface area (Å²) < 4.78 is 5.37. The highest BCUT2D eigenvalue weighted by Gasteiger charge is 2.30. The van der Waals surface area contributed by atoms with Crippen LogP contribution in [0.5, 0.6) is 5.75 Å². The summed E-state index contributed by atoms with van der Waals surface area (Å²) >= 11 is 0. The lowest BCUT2D eigenvalue weighted by Gasteiger charge is -2.46. The number of rotatable bonds is 3. The van der Waals surface area contributed by atoms with Gasteiger partial charge in [-0.05, 0) is 45.7 Å². The Morgan fingerprint density at radius 1 is 1.00 bits per heavy atom. The highest BCUT2D eigenvalue weighted by atomic mass is 16.5. The van der Waals surface area contributed by atoms with Gasteiger partial charge >= 0.3 is 0 Å². The molecule has 3 rings (SSSR count). The Morgan fingerprint density at radius 3 is 2.20 bits per heavy atom. The first-order chi connectivity index (χ1) is 11.9. The lowest BCUT2D eigenvalue weighted by Crippen LogP contribution is -2.57. The molecule has 5 heteroatoms. The summed E-state index contributed by atoms with van der Waals surface area (Å²) in [5, 5.41) is 0. The molecule has 2 fully saturated rings. The summed E-state index contributed by atoms with van der Waals surface area (Å²) in [6, 6.07) is 6.86. The number of anilines is 2. The van der Waals surface area contributed by atoms with E-state index in [-0.39, 0.29) is 0 Å². The summed E-state index contributed by atoms with van der Waals surface area (Å²) in [6.07, 6.45) is 2.48. The number of nitrogen functional groups attached to an aromatic ring is 1. The quantitative estimate of drug-likeness (QED) is 0.853. The predicted octanol–water partition coefficient (Wildman–Crippen LogP) is 2.66. The maximum absolute atomic E-state index is 5.94. The molecule has 0 spiro atoms. The minimum atomic E-state index is 0.295. The van der Waals surface area contributed by atoms with Gasteiger partial charge in [0.15, 0.2) is 0 Å². The maximum Gasteiger partial charge on any atom is 0.143 e. The fourth-order valence-corrected chi connectivity index (χ4v) is 4.14. The van der Waals surface area contributed by atoms with Gasteiger partial charge in [0.1, 0.15) is 5.75 Å². The minimum absolute atomic E-state index is 0.295. The Balaban J connectivity index is 1.53. The Morgan fingerprint density at radius 2 is 1.64 bits per heavy atom. The van der Waals surface area contributed by atoms with E-state index in [1.54, 1.807) is 7.11 Å². The van der Waals surface area contributed by atoms with Crippen LogP contribution in [0.15, 0.2) is 18.2 Å². The topological polar surface area (TPSA) is 45.0 Å². The standard InChI is InChI=1S/C20H34N4O/c1-20(2,3)24-13-11-23(12-14-24)16-7-9-22(10-8-16)17-5-6-18(21)19(15-17)25-4/h5-6,15-16H,7-14,21H2,1-4H3. The molecule has 2 aliphatic rings. The summed E-state index contributed by atoms with van der Waals surface area (Å²) in [7, 11) is 1.68. The van der Waals surface area contributed by atoms with Crippen LogP contribution in [0, 0.1) is 0 Å². The van der Waals surface area contributed by atoms with E-state index in [9.17, 15) is 0 Å². The Bertz CT molecular complexity index is 568. The lowest BCUT2D eigenvalue weighted by molar-refractivity contribution is 0.0364. The molecule has 2 aliphatic heterocycles. The first-order valence-electron chi connectivity index (χ1n) is 9.56. The van der Waals surface area contributed by atoms with Gasteiger partial charge in [-0.1, -0.05) is 0 Å². The van der Waals surface area contributed by atoms with Crippen molar-refractivity contribution < 1.29 is 4.74 Å². The second-order valence-corrected chi connectivity index (χ2v) is 8.34. The van der Waals surface area contributed by atoms with Crippen molar-refractivity contribution >= 4 is 11.4 Å². The summed E-state index contributed by atoms with van der Waals surface area (Å²) in [5.74, 6) is 0.776. The molecule has 0 unspecified atom stereocenters. The van der Waals surface area contributed by atoms with Crippen LogP contribution in [0.25, 0.3) is 0 Å². The molecule has 0 bridgehead atoms. The van der Waals surface area contributed by atoms with E-state index in [1.165, 1.54) is 44.7 Å². The normalized spacial score (nSPS) is 21.5. The van der Waals surface area contributed by atoms with Gasteiger partial charge in [0.05, 0.1) is 12.8 Å².